The summed E-state index contributed by atoms with van der Waals surface area (Å²) in [5, 5.41) is 4.44. The molecule has 106 valence electrons. The van der Waals surface area contributed by atoms with Crippen LogP contribution in [0, 0.1) is 0 Å². The molecule has 3 rings (SSSR count). The molecule has 0 atom stereocenters. The Morgan fingerprint density at radius 3 is 2.45 bits per heavy atom. The lowest BCUT2D eigenvalue weighted by atomic mass is 10.1. The van der Waals surface area contributed by atoms with Crippen molar-refractivity contribution in [3.63, 3.8) is 0 Å². The van der Waals surface area contributed by atoms with E-state index in [0.29, 0.717) is 5.82 Å². The molecule has 0 radical (unpaired) electrons. The van der Waals surface area contributed by atoms with Crippen molar-refractivity contribution in [1.29, 1.82) is 0 Å². The van der Waals surface area contributed by atoms with Crippen LogP contribution in [0.5, 0.6) is 0 Å². The van der Waals surface area contributed by atoms with Crippen LogP contribution in [-0.4, -0.2) is 47.9 Å². The lowest BCUT2D eigenvalue weighted by molar-refractivity contribution is 0.313. The fourth-order valence-corrected chi connectivity index (χ4v) is 2.55. The van der Waals surface area contributed by atoms with Crippen LogP contribution in [0.1, 0.15) is 0 Å². The molecule has 1 aromatic heterocycles. The molecule has 5 nitrogen and oxygen atoms in total. The number of nitrogen functional groups attached to an aromatic ring is 1. The molecule has 2 N–H and O–H groups in total. The lowest BCUT2D eigenvalue weighted by Gasteiger charge is -2.34. The molecule has 0 aliphatic carbocycles. The number of likely N-dealkylation sites (N-methyl/N-ethyl adjacent to an activating group) is 1. The van der Waals surface area contributed by atoms with Crippen molar-refractivity contribution in [3.05, 3.63) is 30.3 Å². The monoisotopic (exact) mass is 271 g/mol. The largest absolute Gasteiger partial charge is 0.384 e. The van der Waals surface area contributed by atoms with Gasteiger partial charge in [0, 0.05) is 50.5 Å². The highest BCUT2D eigenvalue weighted by Gasteiger charge is 2.15. The number of anilines is 2. The highest BCUT2D eigenvalue weighted by atomic mass is 15.3. The highest BCUT2D eigenvalue weighted by Crippen LogP contribution is 2.25. The molecule has 1 aliphatic rings. The maximum absolute atomic E-state index is 5.86. The number of nitrogens with two attached hydrogens (primary N) is 1. The summed E-state index contributed by atoms with van der Waals surface area (Å²) in [6.07, 6.45) is 0. The molecule has 0 amide bonds. The van der Waals surface area contributed by atoms with Crippen LogP contribution in [0.15, 0.2) is 30.3 Å². The summed E-state index contributed by atoms with van der Waals surface area (Å²) in [7, 11) is 4.04. The normalized spacial score (nSPS) is 16.6. The average molecular weight is 271 g/mol. The fourth-order valence-electron chi connectivity index (χ4n) is 2.55. The molecule has 20 heavy (non-hydrogen) atoms. The lowest BCUT2D eigenvalue weighted by Crippen LogP contribution is -2.44. The topological polar surface area (TPSA) is 50.3 Å². The zero-order valence-electron chi connectivity index (χ0n) is 12.1. The third kappa shape index (κ3) is 2.49. The summed E-state index contributed by atoms with van der Waals surface area (Å²) in [6, 6.07) is 10.5. The number of rotatable bonds is 2. The average Bonchev–Trinajstić information content (AvgIpc) is 2.80. The molecule has 1 aromatic carbocycles. The van der Waals surface area contributed by atoms with Crippen LogP contribution >= 0.6 is 0 Å². The molecule has 5 heteroatoms. The third-order valence-electron chi connectivity index (χ3n) is 3.93. The van der Waals surface area contributed by atoms with E-state index in [1.54, 1.807) is 4.68 Å². The first kappa shape index (κ1) is 13.0. The molecule has 0 spiro atoms. The molecular formula is C15H21N5. The van der Waals surface area contributed by atoms with Gasteiger partial charge >= 0.3 is 0 Å². The van der Waals surface area contributed by atoms with Crippen molar-refractivity contribution in [3.8, 4) is 11.3 Å². The van der Waals surface area contributed by atoms with Crippen LogP contribution in [0.3, 0.4) is 0 Å². The van der Waals surface area contributed by atoms with E-state index in [9.17, 15) is 0 Å². The third-order valence-corrected chi connectivity index (χ3v) is 3.93. The second kappa shape index (κ2) is 5.17. The molecule has 1 saturated heterocycles. The molecule has 1 aliphatic heterocycles. The van der Waals surface area contributed by atoms with Crippen LogP contribution in [0.4, 0.5) is 11.5 Å². The fraction of sp³-hybridized carbons (Fsp3) is 0.400. The summed E-state index contributed by atoms with van der Waals surface area (Å²) < 4.78 is 1.71. The molecule has 0 bridgehead atoms. The van der Waals surface area contributed by atoms with Gasteiger partial charge < -0.3 is 15.5 Å². The number of aryl methyl sites for hydroxylation is 1. The van der Waals surface area contributed by atoms with Gasteiger partial charge in [0.2, 0.25) is 0 Å². The summed E-state index contributed by atoms with van der Waals surface area (Å²) in [6.45, 7) is 4.37. The van der Waals surface area contributed by atoms with Crippen LogP contribution < -0.4 is 10.6 Å². The van der Waals surface area contributed by atoms with Crippen molar-refractivity contribution in [2.24, 2.45) is 7.05 Å². The van der Waals surface area contributed by atoms with Gasteiger partial charge in [0.1, 0.15) is 5.82 Å². The van der Waals surface area contributed by atoms with Gasteiger partial charge in [0.15, 0.2) is 0 Å². The Hall–Kier alpha value is -2.01. The zero-order chi connectivity index (χ0) is 14.1. The maximum Gasteiger partial charge on any atom is 0.121 e. The van der Waals surface area contributed by atoms with Gasteiger partial charge in [-0.05, 0) is 19.2 Å². The SMILES string of the molecule is CN1CCN(c2cccc(-c3cc(N)n(C)n3)c2)CC1. The van der Waals surface area contributed by atoms with Gasteiger partial charge in [-0.25, -0.2) is 0 Å². The van der Waals surface area contributed by atoms with E-state index < -0.39 is 0 Å². The van der Waals surface area contributed by atoms with E-state index in [1.165, 1.54) is 5.69 Å². The van der Waals surface area contributed by atoms with Crippen molar-refractivity contribution >= 4 is 11.5 Å². The summed E-state index contributed by atoms with van der Waals surface area (Å²) in [5.41, 5.74) is 9.17. The van der Waals surface area contributed by atoms with Crippen molar-refractivity contribution in [1.82, 2.24) is 14.7 Å². The Bertz CT molecular complexity index is 577. The summed E-state index contributed by atoms with van der Waals surface area (Å²) in [5.74, 6) is 0.685. The van der Waals surface area contributed by atoms with Gasteiger partial charge in [-0.15, -0.1) is 0 Å². The standard InChI is InChI=1S/C15H21N5/c1-18-6-8-20(9-7-18)13-5-3-4-12(10-13)14-11-15(16)19(2)17-14/h3-5,10-11H,6-9,16H2,1-2H3. The van der Waals surface area contributed by atoms with Crippen LogP contribution in [0.25, 0.3) is 11.3 Å². The molecule has 0 saturated carbocycles. The minimum atomic E-state index is 0.685. The number of aromatic nitrogens is 2. The smallest absolute Gasteiger partial charge is 0.121 e. The predicted molar refractivity (Wildman–Crippen MR) is 82.8 cm³/mol. The van der Waals surface area contributed by atoms with E-state index in [2.05, 4.69) is 46.2 Å². The van der Waals surface area contributed by atoms with E-state index in [1.807, 2.05) is 13.1 Å². The van der Waals surface area contributed by atoms with Crippen molar-refractivity contribution in [2.45, 2.75) is 0 Å². The van der Waals surface area contributed by atoms with E-state index in [-0.39, 0.29) is 0 Å². The molecular weight excluding hydrogens is 250 g/mol. The molecule has 2 aromatic rings. The highest BCUT2D eigenvalue weighted by molar-refractivity contribution is 5.67. The van der Waals surface area contributed by atoms with Crippen LogP contribution in [0.2, 0.25) is 0 Å². The summed E-state index contributed by atoms with van der Waals surface area (Å²) >= 11 is 0. The quantitative estimate of drug-likeness (QED) is 0.897. The van der Waals surface area contributed by atoms with Crippen molar-refractivity contribution < 1.29 is 0 Å². The minimum Gasteiger partial charge on any atom is -0.384 e. The van der Waals surface area contributed by atoms with E-state index >= 15 is 0 Å². The first-order valence-corrected chi connectivity index (χ1v) is 6.97. The van der Waals surface area contributed by atoms with Gasteiger partial charge in [0.25, 0.3) is 0 Å². The Balaban J connectivity index is 1.86. The molecule has 1 fully saturated rings. The second-order valence-corrected chi connectivity index (χ2v) is 5.42. The Morgan fingerprint density at radius 2 is 1.80 bits per heavy atom. The number of benzene rings is 1. The molecule has 0 unspecified atom stereocenters. The first-order chi connectivity index (χ1) is 9.63. The molecule has 2 heterocycles. The first-order valence-electron chi connectivity index (χ1n) is 6.97. The van der Waals surface area contributed by atoms with Crippen LogP contribution in [-0.2, 0) is 7.05 Å². The Labute approximate surface area is 119 Å². The van der Waals surface area contributed by atoms with Gasteiger partial charge in [-0.1, -0.05) is 12.1 Å². The summed E-state index contributed by atoms with van der Waals surface area (Å²) in [4.78, 5) is 4.79. The number of nitrogens with zero attached hydrogens (tertiary/aromatic N) is 4. The number of hydrogen-bond donors (Lipinski definition) is 1. The van der Waals surface area contributed by atoms with Gasteiger partial charge in [0.05, 0.1) is 5.69 Å². The van der Waals surface area contributed by atoms with E-state index in [4.69, 9.17) is 5.73 Å². The zero-order valence-corrected chi connectivity index (χ0v) is 12.1. The van der Waals surface area contributed by atoms with Gasteiger partial charge in [-0.3, -0.25) is 4.68 Å². The second-order valence-electron chi connectivity index (χ2n) is 5.42. The maximum atomic E-state index is 5.86. The Morgan fingerprint density at radius 1 is 1.05 bits per heavy atom. The Kier molecular flexibility index (Phi) is 3.36. The predicted octanol–water partition coefficient (Wildman–Crippen LogP) is 1.42. The number of piperazine rings is 1. The van der Waals surface area contributed by atoms with Crippen molar-refractivity contribution in [2.75, 3.05) is 43.9 Å². The van der Waals surface area contributed by atoms with Gasteiger partial charge in [-0.2, -0.15) is 5.10 Å². The minimum absolute atomic E-state index is 0.685. The number of hydrogen-bond acceptors (Lipinski definition) is 4. The van der Waals surface area contributed by atoms with E-state index in [0.717, 1.165) is 37.4 Å².